The van der Waals surface area contributed by atoms with Gasteiger partial charge in [0, 0.05) is 0 Å². The van der Waals surface area contributed by atoms with Crippen LogP contribution in [0.4, 0.5) is 14.5 Å². The predicted octanol–water partition coefficient (Wildman–Crippen LogP) is 2.66. The van der Waals surface area contributed by atoms with Crippen LogP contribution in [0.3, 0.4) is 0 Å². The first-order valence-corrected chi connectivity index (χ1v) is 3.95. The molecule has 0 fully saturated rings. The van der Waals surface area contributed by atoms with Crippen LogP contribution in [0.2, 0.25) is 0 Å². The van der Waals surface area contributed by atoms with Gasteiger partial charge in [0.05, 0.1) is 11.2 Å². The van der Waals surface area contributed by atoms with Gasteiger partial charge in [0.1, 0.15) is 5.75 Å². The van der Waals surface area contributed by atoms with Crippen molar-refractivity contribution in [3.05, 3.63) is 24.3 Å². The quantitative estimate of drug-likeness (QED) is 0.760. The molecule has 0 bridgehead atoms. The number of nitrogens with one attached hydrogen (secondary N) is 1. The van der Waals surface area contributed by atoms with Gasteiger partial charge in [0.15, 0.2) is 0 Å². The first-order chi connectivity index (χ1) is 6.24. The fourth-order valence-electron chi connectivity index (χ4n) is 0.848. The Labute approximate surface area is 79.5 Å². The Morgan fingerprint density at radius 1 is 1.38 bits per heavy atom. The first-order valence-electron chi connectivity index (χ1n) is 3.48. The minimum absolute atomic E-state index is 0.0820. The molecule has 0 aliphatic heterocycles. The van der Waals surface area contributed by atoms with Gasteiger partial charge in [-0.3, -0.25) is 0 Å². The minimum Gasteiger partial charge on any atom is -0.433 e. The van der Waals surface area contributed by atoms with Crippen LogP contribution in [-0.2, 0) is 0 Å². The second kappa shape index (κ2) is 4.71. The molecule has 0 aromatic heterocycles. The maximum atomic E-state index is 11.9. The van der Waals surface area contributed by atoms with Crippen LogP contribution in [0.1, 0.15) is 0 Å². The number of hydrogen-bond acceptors (Lipinski definition) is 2. The molecule has 13 heavy (non-hydrogen) atoms. The van der Waals surface area contributed by atoms with Crippen molar-refractivity contribution in [2.75, 3.05) is 5.32 Å². The Bertz CT molecular complexity index is 293. The summed E-state index contributed by atoms with van der Waals surface area (Å²) < 4.78 is 27.9. The minimum atomic E-state index is -2.83. The molecular weight excluding hydrogens is 196 g/mol. The second-order valence-corrected chi connectivity index (χ2v) is 2.37. The Morgan fingerprint density at radius 2 is 2.08 bits per heavy atom. The molecule has 0 atom stereocenters. The zero-order valence-electron chi connectivity index (χ0n) is 6.54. The molecule has 0 aliphatic rings. The molecule has 5 heteroatoms. The zero-order valence-corrected chi connectivity index (χ0v) is 7.35. The average molecular weight is 203 g/mol. The molecule has 70 valence electrons. The van der Waals surface area contributed by atoms with E-state index < -0.39 is 6.61 Å². The number of halogens is 2. The van der Waals surface area contributed by atoms with E-state index in [4.69, 9.17) is 0 Å². The van der Waals surface area contributed by atoms with Gasteiger partial charge in [0.25, 0.3) is 0 Å². The molecule has 0 amide bonds. The monoisotopic (exact) mass is 203 g/mol. The zero-order chi connectivity index (χ0) is 9.68. The summed E-state index contributed by atoms with van der Waals surface area (Å²) in [6, 6.07) is 6.33. The van der Waals surface area contributed by atoms with Gasteiger partial charge in [-0.05, 0) is 12.1 Å². The highest BCUT2D eigenvalue weighted by Crippen LogP contribution is 2.24. The molecule has 0 saturated carbocycles. The smallest absolute Gasteiger partial charge is 0.387 e. The van der Waals surface area contributed by atoms with Gasteiger partial charge in [-0.15, -0.1) is 0 Å². The van der Waals surface area contributed by atoms with Crippen molar-refractivity contribution in [1.29, 1.82) is 0 Å². The predicted molar refractivity (Wildman–Crippen MR) is 50.4 cm³/mol. The lowest BCUT2D eigenvalue weighted by molar-refractivity contribution is -0.0493. The molecule has 1 aromatic rings. The molecule has 2 nitrogen and oxygen atoms in total. The van der Waals surface area contributed by atoms with Crippen molar-refractivity contribution < 1.29 is 13.5 Å². The summed E-state index contributed by atoms with van der Waals surface area (Å²) in [6.45, 7) is -2.83. The third kappa shape index (κ3) is 2.95. The number of ether oxygens (including phenoxy) is 1. The Morgan fingerprint density at radius 3 is 2.69 bits per heavy atom. The number of para-hydroxylation sites is 2. The van der Waals surface area contributed by atoms with Crippen molar-refractivity contribution in [3.63, 3.8) is 0 Å². The van der Waals surface area contributed by atoms with Crippen LogP contribution in [-0.4, -0.2) is 12.1 Å². The van der Waals surface area contributed by atoms with E-state index >= 15 is 0 Å². The van der Waals surface area contributed by atoms with Crippen molar-refractivity contribution >= 4 is 23.4 Å². The molecule has 1 rings (SSSR count). The third-order valence-electron chi connectivity index (χ3n) is 1.32. The Hall–Kier alpha value is -1.23. The van der Waals surface area contributed by atoms with Crippen LogP contribution < -0.4 is 10.1 Å². The van der Waals surface area contributed by atoms with Crippen molar-refractivity contribution in [3.8, 4) is 5.75 Å². The number of benzene rings is 1. The van der Waals surface area contributed by atoms with E-state index in [9.17, 15) is 8.78 Å². The summed E-state index contributed by atoms with van der Waals surface area (Å²) in [6.07, 6.45) is 0. The summed E-state index contributed by atoms with van der Waals surface area (Å²) in [4.78, 5) is 0. The highest BCUT2D eigenvalue weighted by Gasteiger charge is 2.07. The lowest BCUT2D eigenvalue weighted by atomic mass is 10.3. The lowest BCUT2D eigenvalue weighted by Crippen LogP contribution is -2.04. The van der Waals surface area contributed by atoms with Gasteiger partial charge in [0.2, 0.25) is 0 Å². The molecule has 0 heterocycles. The fraction of sp³-hybridized carbons (Fsp3) is 0.125. The Kier molecular flexibility index (Phi) is 3.57. The second-order valence-electron chi connectivity index (χ2n) is 2.14. The number of thiocarbonyl (C=S) groups is 1. The lowest BCUT2D eigenvalue weighted by Gasteiger charge is -2.08. The molecule has 0 saturated heterocycles. The molecule has 1 N–H and O–H groups in total. The van der Waals surface area contributed by atoms with Crippen molar-refractivity contribution in [1.82, 2.24) is 0 Å². The van der Waals surface area contributed by atoms with Gasteiger partial charge >= 0.3 is 6.61 Å². The average Bonchev–Trinajstić information content (AvgIpc) is 2.08. The standard InChI is InChI=1S/C8H7F2NOS/c9-8(10)12-7-4-2-1-3-6(7)11-5-13/h1-5,8H,(H,11,13). The first kappa shape index (κ1) is 9.85. The summed E-state index contributed by atoms with van der Waals surface area (Å²) >= 11 is 4.53. The van der Waals surface area contributed by atoms with Crippen LogP contribution in [0.5, 0.6) is 5.75 Å². The number of hydrogen-bond donors (Lipinski definition) is 1. The summed E-state index contributed by atoms with van der Waals surface area (Å²) in [5, 5.41) is 2.61. The highest BCUT2D eigenvalue weighted by atomic mass is 32.1. The van der Waals surface area contributed by atoms with E-state index in [0.717, 1.165) is 0 Å². The van der Waals surface area contributed by atoms with E-state index in [0.29, 0.717) is 5.69 Å². The molecule has 0 aliphatic carbocycles. The fourth-order valence-corrected chi connectivity index (χ4v) is 0.975. The summed E-state index contributed by atoms with van der Waals surface area (Å²) in [5.74, 6) is 0.0820. The number of alkyl halides is 2. The topological polar surface area (TPSA) is 21.3 Å². The maximum Gasteiger partial charge on any atom is 0.387 e. The largest absolute Gasteiger partial charge is 0.433 e. The van der Waals surface area contributed by atoms with E-state index in [1.54, 1.807) is 18.2 Å². The van der Waals surface area contributed by atoms with Gasteiger partial charge in [-0.2, -0.15) is 8.78 Å². The number of rotatable bonds is 4. The SMILES string of the molecule is FC(F)Oc1ccccc1NC=S. The van der Waals surface area contributed by atoms with Crippen LogP contribution in [0, 0.1) is 0 Å². The molecule has 0 unspecified atom stereocenters. The highest BCUT2D eigenvalue weighted by molar-refractivity contribution is 7.79. The van der Waals surface area contributed by atoms with Crippen molar-refractivity contribution in [2.24, 2.45) is 0 Å². The molecular formula is C8H7F2NOS. The van der Waals surface area contributed by atoms with E-state index in [2.05, 4.69) is 22.3 Å². The van der Waals surface area contributed by atoms with E-state index in [-0.39, 0.29) is 5.75 Å². The molecule has 0 radical (unpaired) electrons. The van der Waals surface area contributed by atoms with Gasteiger partial charge in [-0.25, -0.2) is 0 Å². The molecule has 1 aromatic carbocycles. The van der Waals surface area contributed by atoms with E-state index in [1.165, 1.54) is 11.6 Å². The summed E-state index contributed by atoms with van der Waals surface area (Å²) in [7, 11) is 0. The number of anilines is 1. The van der Waals surface area contributed by atoms with Crippen LogP contribution in [0.15, 0.2) is 24.3 Å². The van der Waals surface area contributed by atoms with Crippen LogP contribution >= 0.6 is 12.2 Å². The molecule has 0 spiro atoms. The normalized spacial score (nSPS) is 9.77. The van der Waals surface area contributed by atoms with E-state index in [1.807, 2.05) is 0 Å². The van der Waals surface area contributed by atoms with Crippen molar-refractivity contribution in [2.45, 2.75) is 6.61 Å². The Balaban J connectivity index is 2.83. The third-order valence-corrected chi connectivity index (χ3v) is 1.44. The summed E-state index contributed by atoms with van der Waals surface area (Å²) in [5.41, 5.74) is 1.66. The van der Waals surface area contributed by atoms with Gasteiger partial charge < -0.3 is 10.1 Å². The maximum absolute atomic E-state index is 11.9. The van der Waals surface area contributed by atoms with Gasteiger partial charge in [-0.1, -0.05) is 24.4 Å². The van der Waals surface area contributed by atoms with Crippen LogP contribution in [0.25, 0.3) is 0 Å².